The van der Waals surface area contributed by atoms with Gasteiger partial charge in [0.25, 0.3) is 11.6 Å². The summed E-state index contributed by atoms with van der Waals surface area (Å²) in [4.78, 5) is 27.9. The van der Waals surface area contributed by atoms with Crippen molar-refractivity contribution in [1.29, 1.82) is 0 Å². The van der Waals surface area contributed by atoms with Crippen molar-refractivity contribution in [2.75, 3.05) is 13.2 Å². The zero-order valence-electron chi connectivity index (χ0n) is 13.6. The number of amides is 1. The molecule has 1 fully saturated rings. The van der Waals surface area contributed by atoms with Crippen molar-refractivity contribution in [2.45, 2.75) is 35.1 Å². The molecule has 1 aromatic carbocycles. The average Bonchev–Trinajstić information content (AvgIpc) is 3.24. The van der Waals surface area contributed by atoms with Crippen LogP contribution in [0, 0.1) is 17.0 Å². The van der Waals surface area contributed by atoms with Crippen LogP contribution in [0.5, 0.6) is 0 Å². The van der Waals surface area contributed by atoms with Gasteiger partial charge in [0.2, 0.25) is 0 Å². The van der Waals surface area contributed by atoms with Crippen molar-refractivity contribution < 1.29 is 14.5 Å². The number of rotatable bonds is 6. The first-order valence-corrected chi connectivity index (χ1v) is 9.51. The first-order valence-electron chi connectivity index (χ1n) is 7.81. The van der Waals surface area contributed by atoms with Crippen LogP contribution < -0.4 is 5.32 Å². The van der Waals surface area contributed by atoms with Gasteiger partial charge in [-0.05, 0) is 31.9 Å². The molecule has 1 aliphatic heterocycles. The number of carbonyl (C=O) groups is 1. The number of nitrogens with zero attached hydrogens (tertiary/aromatic N) is 2. The number of aryl methyl sites for hydroxylation is 1. The van der Waals surface area contributed by atoms with E-state index in [1.165, 1.54) is 29.2 Å². The van der Waals surface area contributed by atoms with Gasteiger partial charge in [-0.1, -0.05) is 11.8 Å². The van der Waals surface area contributed by atoms with Crippen molar-refractivity contribution in [2.24, 2.45) is 0 Å². The van der Waals surface area contributed by atoms with E-state index in [1.807, 2.05) is 12.3 Å². The lowest BCUT2D eigenvalue weighted by molar-refractivity contribution is -0.387. The van der Waals surface area contributed by atoms with E-state index < -0.39 is 4.92 Å². The molecule has 1 amide bonds. The highest BCUT2D eigenvalue weighted by Crippen LogP contribution is 2.36. The predicted molar refractivity (Wildman–Crippen MR) is 95.4 cm³/mol. The van der Waals surface area contributed by atoms with Gasteiger partial charge in [0.15, 0.2) is 4.34 Å². The maximum Gasteiger partial charge on any atom is 0.284 e. The largest absolute Gasteiger partial charge is 0.376 e. The summed E-state index contributed by atoms with van der Waals surface area (Å²) in [5.74, 6) is -0.333. The summed E-state index contributed by atoms with van der Waals surface area (Å²) in [5.41, 5.74) is 1.05. The molecule has 0 unspecified atom stereocenters. The van der Waals surface area contributed by atoms with E-state index in [9.17, 15) is 14.9 Å². The van der Waals surface area contributed by atoms with Crippen molar-refractivity contribution in [1.82, 2.24) is 10.3 Å². The lowest BCUT2D eigenvalue weighted by Crippen LogP contribution is -2.31. The SMILES string of the molecule is Cc1csc(Sc2ccc(C(=O)NC[C@@H]3CCCO3)cc2[N+](=O)[O-])n1. The maximum absolute atomic E-state index is 12.2. The third-order valence-electron chi connectivity index (χ3n) is 3.73. The Kier molecular flexibility index (Phi) is 5.67. The van der Waals surface area contributed by atoms with Gasteiger partial charge in [-0.25, -0.2) is 4.98 Å². The molecule has 0 aliphatic carbocycles. The molecule has 2 aromatic rings. The van der Waals surface area contributed by atoms with E-state index in [0.717, 1.165) is 22.9 Å². The second-order valence-electron chi connectivity index (χ2n) is 5.64. The Balaban J connectivity index is 1.73. The number of carbonyl (C=O) groups excluding carboxylic acids is 1. The number of ether oxygens (including phenoxy) is 1. The summed E-state index contributed by atoms with van der Waals surface area (Å²) in [7, 11) is 0. The van der Waals surface area contributed by atoms with Crippen LogP contribution in [0.2, 0.25) is 0 Å². The van der Waals surface area contributed by atoms with Crippen molar-refractivity contribution in [3.63, 3.8) is 0 Å². The lowest BCUT2D eigenvalue weighted by Gasteiger charge is -2.11. The normalized spacial score (nSPS) is 16.8. The van der Waals surface area contributed by atoms with E-state index in [2.05, 4.69) is 10.3 Å². The molecule has 1 aromatic heterocycles. The minimum absolute atomic E-state index is 0.0295. The zero-order chi connectivity index (χ0) is 17.8. The number of thiazole rings is 1. The molecular weight excluding hydrogens is 362 g/mol. The highest BCUT2D eigenvalue weighted by atomic mass is 32.2. The molecule has 3 rings (SSSR count). The number of nitrogens with one attached hydrogen (secondary N) is 1. The standard InChI is InChI=1S/C16H17N3O4S2/c1-10-9-24-16(18-10)25-14-5-4-11(7-13(14)19(21)22)15(20)17-8-12-3-2-6-23-12/h4-5,7,9,12H,2-3,6,8H2,1H3,(H,17,20)/t12-/m0/s1. The fourth-order valence-corrected chi connectivity index (χ4v) is 4.35. The Labute approximate surface area is 152 Å². The van der Waals surface area contributed by atoms with Gasteiger partial charge in [-0.3, -0.25) is 14.9 Å². The number of benzene rings is 1. The summed E-state index contributed by atoms with van der Waals surface area (Å²) in [6, 6.07) is 4.51. The molecule has 132 valence electrons. The lowest BCUT2D eigenvalue weighted by atomic mass is 10.2. The molecule has 1 atom stereocenters. The molecule has 2 heterocycles. The van der Waals surface area contributed by atoms with Crippen LogP contribution in [0.1, 0.15) is 28.9 Å². The topological polar surface area (TPSA) is 94.4 Å². The molecule has 1 saturated heterocycles. The van der Waals surface area contributed by atoms with E-state index in [-0.39, 0.29) is 23.3 Å². The molecule has 7 nitrogen and oxygen atoms in total. The van der Waals surface area contributed by atoms with E-state index >= 15 is 0 Å². The molecule has 1 aliphatic rings. The average molecular weight is 379 g/mol. The second kappa shape index (κ2) is 7.94. The number of hydrogen-bond donors (Lipinski definition) is 1. The predicted octanol–water partition coefficient (Wildman–Crippen LogP) is 3.42. The van der Waals surface area contributed by atoms with Crippen LogP contribution in [0.4, 0.5) is 5.69 Å². The third kappa shape index (κ3) is 4.56. The Bertz CT molecular complexity index is 787. The van der Waals surface area contributed by atoms with Crippen LogP contribution in [-0.2, 0) is 4.74 Å². The Hall–Kier alpha value is -1.97. The molecule has 0 spiro atoms. The number of aromatic nitrogens is 1. The molecular formula is C16H17N3O4S2. The van der Waals surface area contributed by atoms with Gasteiger partial charge in [0, 0.05) is 35.9 Å². The zero-order valence-corrected chi connectivity index (χ0v) is 15.2. The maximum atomic E-state index is 12.2. The number of nitro groups is 1. The quantitative estimate of drug-likeness (QED) is 0.610. The minimum atomic E-state index is -0.473. The highest BCUT2D eigenvalue weighted by Gasteiger charge is 2.21. The second-order valence-corrected chi connectivity index (χ2v) is 7.79. The van der Waals surface area contributed by atoms with E-state index in [1.54, 1.807) is 12.1 Å². The molecule has 0 radical (unpaired) electrons. The van der Waals surface area contributed by atoms with E-state index in [4.69, 9.17) is 4.74 Å². The summed E-state index contributed by atoms with van der Waals surface area (Å²) in [5, 5.41) is 16.0. The Morgan fingerprint density at radius 3 is 3.04 bits per heavy atom. The van der Waals surface area contributed by atoms with Crippen molar-refractivity contribution in [3.05, 3.63) is 45.0 Å². The van der Waals surface area contributed by atoms with Gasteiger partial charge >= 0.3 is 0 Å². The fraction of sp³-hybridized carbons (Fsp3) is 0.375. The van der Waals surface area contributed by atoms with Gasteiger partial charge in [-0.2, -0.15) is 0 Å². The molecule has 9 heteroatoms. The Morgan fingerprint density at radius 2 is 2.40 bits per heavy atom. The monoisotopic (exact) mass is 379 g/mol. The van der Waals surface area contributed by atoms with Gasteiger partial charge < -0.3 is 10.1 Å². The smallest absolute Gasteiger partial charge is 0.284 e. The summed E-state index contributed by atoms with van der Waals surface area (Å²) < 4.78 is 6.19. The van der Waals surface area contributed by atoms with Crippen LogP contribution in [0.3, 0.4) is 0 Å². The summed E-state index contributed by atoms with van der Waals surface area (Å²) in [6.07, 6.45) is 1.94. The van der Waals surface area contributed by atoms with Crippen LogP contribution in [-0.4, -0.2) is 35.1 Å². The fourth-order valence-electron chi connectivity index (χ4n) is 2.47. The van der Waals surface area contributed by atoms with Crippen LogP contribution in [0.25, 0.3) is 0 Å². The molecule has 1 N–H and O–H groups in total. The molecule has 0 bridgehead atoms. The number of nitro benzene ring substituents is 1. The summed E-state index contributed by atoms with van der Waals surface area (Å²) in [6.45, 7) is 3.01. The van der Waals surface area contributed by atoms with Crippen molar-refractivity contribution >= 4 is 34.7 Å². The summed E-state index contributed by atoms with van der Waals surface area (Å²) >= 11 is 2.67. The molecule has 25 heavy (non-hydrogen) atoms. The third-order valence-corrected chi connectivity index (χ3v) is 5.85. The Morgan fingerprint density at radius 1 is 1.56 bits per heavy atom. The van der Waals surface area contributed by atoms with Crippen LogP contribution >= 0.6 is 23.1 Å². The van der Waals surface area contributed by atoms with Crippen molar-refractivity contribution in [3.8, 4) is 0 Å². The first-order chi connectivity index (χ1) is 12.0. The van der Waals surface area contributed by atoms with Gasteiger partial charge in [-0.15, -0.1) is 11.3 Å². The van der Waals surface area contributed by atoms with Gasteiger partial charge in [0.05, 0.1) is 15.9 Å². The number of hydrogen-bond acceptors (Lipinski definition) is 7. The minimum Gasteiger partial charge on any atom is -0.376 e. The first kappa shape index (κ1) is 17.8. The highest BCUT2D eigenvalue weighted by molar-refractivity contribution is 8.01. The van der Waals surface area contributed by atoms with Crippen LogP contribution in [0.15, 0.2) is 32.8 Å². The van der Waals surface area contributed by atoms with E-state index in [0.29, 0.717) is 18.0 Å². The molecule has 0 saturated carbocycles. The van der Waals surface area contributed by atoms with Gasteiger partial charge in [0.1, 0.15) is 0 Å².